The molecule has 1 aromatic carbocycles. The van der Waals surface area contributed by atoms with Gasteiger partial charge < -0.3 is 14.6 Å². The van der Waals surface area contributed by atoms with Crippen molar-refractivity contribution < 1.29 is 9.53 Å². The first-order valence-electron chi connectivity index (χ1n) is 10.1. The summed E-state index contributed by atoms with van der Waals surface area (Å²) in [7, 11) is 0. The molecule has 2 aromatic heterocycles. The zero-order valence-corrected chi connectivity index (χ0v) is 17.1. The molecule has 4 rings (SSSR count). The van der Waals surface area contributed by atoms with E-state index in [-0.39, 0.29) is 17.6 Å². The average Bonchev–Trinajstić information content (AvgIpc) is 3.42. The first-order chi connectivity index (χ1) is 14.2. The van der Waals surface area contributed by atoms with Gasteiger partial charge >= 0.3 is 0 Å². The maximum absolute atomic E-state index is 12.9. The first kappa shape index (κ1) is 19.8. The van der Waals surface area contributed by atoms with Gasteiger partial charge in [-0.3, -0.25) is 9.59 Å². The second-order valence-electron chi connectivity index (χ2n) is 7.37. The molecule has 0 spiro atoms. The summed E-state index contributed by atoms with van der Waals surface area (Å²) in [6.45, 7) is 2.05. The van der Waals surface area contributed by atoms with Crippen LogP contribution < -0.4 is 5.56 Å². The van der Waals surface area contributed by atoms with Crippen LogP contribution in [-0.2, 0) is 22.5 Å². The van der Waals surface area contributed by atoms with Crippen LogP contribution in [0.4, 0.5) is 0 Å². The van der Waals surface area contributed by atoms with Gasteiger partial charge in [0, 0.05) is 30.9 Å². The van der Waals surface area contributed by atoms with E-state index in [9.17, 15) is 9.59 Å². The molecule has 0 radical (unpaired) electrons. The van der Waals surface area contributed by atoms with Crippen molar-refractivity contribution in [1.29, 1.82) is 0 Å². The third-order valence-electron chi connectivity index (χ3n) is 5.19. The number of thiophene rings is 1. The van der Waals surface area contributed by atoms with E-state index in [1.807, 2.05) is 34.5 Å². The number of aromatic amines is 1. The minimum absolute atomic E-state index is 0.122. The van der Waals surface area contributed by atoms with Gasteiger partial charge in [-0.1, -0.05) is 18.2 Å². The molecule has 1 aliphatic rings. The number of aromatic nitrogens is 2. The first-order valence-corrected chi connectivity index (χ1v) is 11.0. The molecule has 3 heterocycles. The Bertz CT molecular complexity index is 1010. The maximum atomic E-state index is 12.9. The second-order valence-corrected chi connectivity index (χ2v) is 8.40. The van der Waals surface area contributed by atoms with E-state index in [2.05, 4.69) is 16.0 Å². The average molecular weight is 412 g/mol. The van der Waals surface area contributed by atoms with Crippen LogP contribution in [0.15, 0.2) is 46.6 Å². The van der Waals surface area contributed by atoms with Gasteiger partial charge in [-0.05, 0) is 42.8 Å². The van der Waals surface area contributed by atoms with Crippen molar-refractivity contribution in [2.45, 2.75) is 44.8 Å². The predicted octanol–water partition coefficient (Wildman–Crippen LogP) is 3.52. The van der Waals surface area contributed by atoms with Crippen molar-refractivity contribution in [3.63, 3.8) is 0 Å². The van der Waals surface area contributed by atoms with Gasteiger partial charge in [0.05, 0.1) is 23.6 Å². The number of rotatable bonds is 8. The normalized spacial score (nSPS) is 16.3. The number of carbonyl (C=O) groups is 1. The fraction of sp³-hybridized carbons (Fsp3) is 0.409. The Morgan fingerprint density at radius 3 is 2.97 bits per heavy atom. The van der Waals surface area contributed by atoms with Gasteiger partial charge in [0.1, 0.15) is 5.82 Å². The quantitative estimate of drug-likeness (QED) is 0.615. The van der Waals surface area contributed by atoms with Crippen LogP contribution in [0.1, 0.15) is 36.4 Å². The number of hydrogen-bond donors (Lipinski definition) is 1. The van der Waals surface area contributed by atoms with E-state index in [1.165, 1.54) is 4.88 Å². The van der Waals surface area contributed by atoms with Crippen molar-refractivity contribution >= 4 is 28.1 Å². The molecule has 3 aromatic rings. The molecule has 1 fully saturated rings. The van der Waals surface area contributed by atoms with Crippen molar-refractivity contribution in [2.75, 3.05) is 13.2 Å². The standard InChI is InChI=1S/C22H25N3O3S/c26-21(25(14-16-6-4-12-28-16)15-17-7-5-13-29-17)11-3-10-20-23-19-9-2-1-8-18(19)22(27)24-20/h1-2,5,7-9,13,16H,3-4,6,10-12,14-15H2,(H,23,24,27). The van der Waals surface area contributed by atoms with Crippen LogP contribution >= 0.6 is 11.3 Å². The van der Waals surface area contributed by atoms with Gasteiger partial charge in [0.15, 0.2) is 0 Å². The molecule has 0 bridgehead atoms. The van der Waals surface area contributed by atoms with Crippen molar-refractivity contribution in [3.8, 4) is 0 Å². The molecule has 7 heteroatoms. The molecule has 1 aliphatic heterocycles. The highest BCUT2D eigenvalue weighted by atomic mass is 32.1. The van der Waals surface area contributed by atoms with Crippen LogP contribution in [0.25, 0.3) is 10.9 Å². The molecular formula is C22H25N3O3S. The van der Waals surface area contributed by atoms with Gasteiger partial charge in [-0.15, -0.1) is 11.3 Å². The van der Waals surface area contributed by atoms with Crippen molar-refractivity contribution in [2.24, 2.45) is 0 Å². The van der Waals surface area contributed by atoms with Crippen LogP contribution in [0, 0.1) is 0 Å². The monoisotopic (exact) mass is 411 g/mol. The van der Waals surface area contributed by atoms with Crippen LogP contribution in [0.3, 0.4) is 0 Å². The second kappa shape index (κ2) is 9.33. The Kier molecular flexibility index (Phi) is 6.36. The molecule has 6 nitrogen and oxygen atoms in total. The summed E-state index contributed by atoms with van der Waals surface area (Å²) in [5.74, 6) is 0.752. The largest absolute Gasteiger partial charge is 0.376 e. The number of H-pyrrole nitrogens is 1. The topological polar surface area (TPSA) is 75.3 Å². The van der Waals surface area contributed by atoms with E-state index in [0.717, 1.165) is 19.4 Å². The van der Waals surface area contributed by atoms with Crippen LogP contribution in [0.5, 0.6) is 0 Å². The highest BCUT2D eigenvalue weighted by Gasteiger charge is 2.23. The van der Waals surface area contributed by atoms with E-state index in [4.69, 9.17) is 4.74 Å². The van der Waals surface area contributed by atoms with Gasteiger partial charge in [-0.2, -0.15) is 0 Å². The lowest BCUT2D eigenvalue weighted by Gasteiger charge is -2.25. The van der Waals surface area contributed by atoms with Gasteiger partial charge in [0.25, 0.3) is 5.56 Å². The third kappa shape index (κ3) is 5.10. The summed E-state index contributed by atoms with van der Waals surface area (Å²) >= 11 is 1.67. The molecule has 1 atom stereocenters. The number of nitrogens with zero attached hydrogens (tertiary/aromatic N) is 2. The predicted molar refractivity (Wildman–Crippen MR) is 114 cm³/mol. The Morgan fingerprint density at radius 1 is 1.28 bits per heavy atom. The van der Waals surface area contributed by atoms with Crippen LogP contribution in [0.2, 0.25) is 0 Å². The van der Waals surface area contributed by atoms with Crippen molar-refractivity contribution in [1.82, 2.24) is 14.9 Å². The maximum Gasteiger partial charge on any atom is 0.258 e. The number of nitrogens with one attached hydrogen (secondary N) is 1. The molecule has 152 valence electrons. The number of para-hydroxylation sites is 1. The fourth-order valence-electron chi connectivity index (χ4n) is 3.70. The Balaban J connectivity index is 1.37. The SMILES string of the molecule is O=C(CCCc1nc2ccccc2c(=O)[nH]1)N(Cc1cccs1)CC1CCCO1. The summed E-state index contributed by atoms with van der Waals surface area (Å²) in [5, 5.41) is 2.62. The van der Waals surface area contributed by atoms with Gasteiger partial charge in [-0.25, -0.2) is 4.98 Å². The Hall–Kier alpha value is -2.51. The fourth-order valence-corrected chi connectivity index (χ4v) is 4.42. The molecule has 0 aliphatic carbocycles. The van der Waals surface area contributed by atoms with E-state index in [0.29, 0.717) is 49.1 Å². The number of amides is 1. The van der Waals surface area contributed by atoms with E-state index < -0.39 is 0 Å². The molecule has 1 amide bonds. The number of carbonyl (C=O) groups excluding carboxylic acids is 1. The Labute approximate surface area is 173 Å². The van der Waals surface area contributed by atoms with E-state index in [1.54, 1.807) is 17.4 Å². The van der Waals surface area contributed by atoms with E-state index >= 15 is 0 Å². The smallest absolute Gasteiger partial charge is 0.258 e. The zero-order valence-electron chi connectivity index (χ0n) is 16.3. The van der Waals surface area contributed by atoms with Crippen LogP contribution in [-0.4, -0.2) is 40.0 Å². The lowest BCUT2D eigenvalue weighted by atomic mass is 10.1. The minimum Gasteiger partial charge on any atom is -0.376 e. The third-order valence-corrected chi connectivity index (χ3v) is 6.05. The molecule has 1 unspecified atom stereocenters. The van der Waals surface area contributed by atoms with Gasteiger partial charge in [0.2, 0.25) is 5.91 Å². The summed E-state index contributed by atoms with van der Waals surface area (Å²) in [4.78, 5) is 35.6. The Morgan fingerprint density at radius 2 is 2.17 bits per heavy atom. The number of hydrogen-bond acceptors (Lipinski definition) is 5. The lowest BCUT2D eigenvalue weighted by molar-refractivity contribution is -0.133. The number of aryl methyl sites for hydroxylation is 1. The zero-order chi connectivity index (χ0) is 20.1. The van der Waals surface area contributed by atoms with Crippen molar-refractivity contribution in [3.05, 3.63) is 62.8 Å². The number of ether oxygens (including phenoxy) is 1. The molecule has 1 N–H and O–H groups in total. The summed E-state index contributed by atoms with van der Waals surface area (Å²) in [6, 6.07) is 11.4. The molecule has 29 heavy (non-hydrogen) atoms. The summed E-state index contributed by atoms with van der Waals surface area (Å²) in [6.07, 6.45) is 3.85. The number of benzene rings is 1. The highest BCUT2D eigenvalue weighted by molar-refractivity contribution is 7.09. The molecular weight excluding hydrogens is 386 g/mol. The lowest BCUT2D eigenvalue weighted by Crippen LogP contribution is -2.36. The molecule has 1 saturated heterocycles. The number of fused-ring (bicyclic) bond motifs is 1. The highest BCUT2D eigenvalue weighted by Crippen LogP contribution is 2.18. The molecule has 0 saturated carbocycles. The summed E-state index contributed by atoms with van der Waals surface area (Å²) in [5.41, 5.74) is 0.560. The minimum atomic E-state index is -0.130. The summed E-state index contributed by atoms with van der Waals surface area (Å²) < 4.78 is 5.74.